The van der Waals surface area contributed by atoms with E-state index in [0.29, 0.717) is 0 Å². The van der Waals surface area contributed by atoms with E-state index >= 15 is 0 Å². The van der Waals surface area contributed by atoms with Gasteiger partial charge in [-0.3, -0.25) is 0 Å². The third-order valence-corrected chi connectivity index (χ3v) is 6.46. The third-order valence-electron chi connectivity index (χ3n) is 2.13. The first-order valence-electron chi connectivity index (χ1n) is 4.79. The van der Waals surface area contributed by atoms with Gasteiger partial charge in [-0.15, -0.1) is 11.3 Å². The van der Waals surface area contributed by atoms with Gasteiger partial charge >= 0.3 is 0 Å². The van der Waals surface area contributed by atoms with E-state index in [-0.39, 0.29) is 0 Å². The van der Waals surface area contributed by atoms with Gasteiger partial charge < -0.3 is 0 Å². The second-order valence-corrected chi connectivity index (χ2v) is 7.70. The lowest BCUT2D eigenvalue weighted by atomic mass is 10.1. The summed E-state index contributed by atoms with van der Waals surface area (Å²) in [6.07, 6.45) is 6.44. The van der Waals surface area contributed by atoms with Crippen LogP contribution in [0.2, 0.25) is 0 Å². The summed E-state index contributed by atoms with van der Waals surface area (Å²) in [5.74, 6) is 0. The van der Waals surface area contributed by atoms with Gasteiger partial charge in [0.1, 0.15) is 0 Å². The van der Waals surface area contributed by atoms with E-state index in [1.54, 1.807) is 11.3 Å². The lowest BCUT2D eigenvalue weighted by Crippen LogP contribution is -1.85. The normalized spacial score (nSPS) is 10.9. The van der Waals surface area contributed by atoms with Crippen LogP contribution in [0.25, 0.3) is 0 Å². The van der Waals surface area contributed by atoms with Gasteiger partial charge in [0.05, 0.1) is 7.57 Å². The molecule has 1 rings (SSSR count). The molecule has 0 spiro atoms. The first kappa shape index (κ1) is 13.2. The SMILES string of the molecule is CCCCCCc1c(Br)sc(Br)c1Br. The van der Waals surface area contributed by atoms with Gasteiger partial charge in [0.15, 0.2) is 0 Å². The van der Waals surface area contributed by atoms with E-state index < -0.39 is 0 Å². The highest BCUT2D eigenvalue weighted by molar-refractivity contribution is 9.14. The van der Waals surface area contributed by atoms with Crippen molar-refractivity contribution < 1.29 is 0 Å². The van der Waals surface area contributed by atoms with Crippen LogP contribution in [0.3, 0.4) is 0 Å². The molecule has 80 valence electrons. The summed E-state index contributed by atoms with van der Waals surface area (Å²) in [6, 6.07) is 0. The first-order chi connectivity index (χ1) is 6.66. The molecular weight excluding hydrogens is 392 g/mol. The van der Waals surface area contributed by atoms with E-state index in [4.69, 9.17) is 0 Å². The lowest BCUT2D eigenvalue weighted by Gasteiger charge is -2.00. The average molecular weight is 405 g/mol. The maximum absolute atomic E-state index is 3.60. The van der Waals surface area contributed by atoms with Gasteiger partial charge in [-0.1, -0.05) is 26.2 Å². The zero-order chi connectivity index (χ0) is 10.6. The Bertz CT molecular complexity index is 294. The number of thiophene rings is 1. The summed E-state index contributed by atoms with van der Waals surface area (Å²) in [5, 5.41) is 0. The van der Waals surface area contributed by atoms with Crippen LogP contribution < -0.4 is 0 Å². The van der Waals surface area contributed by atoms with Crippen LogP contribution in [0.5, 0.6) is 0 Å². The van der Waals surface area contributed by atoms with Crippen molar-refractivity contribution in [1.29, 1.82) is 0 Å². The van der Waals surface area contributed by atoms with Crippen molar-refractivity contribution in [1.82, 2.24) is 0 Å². The van der Waals surface area contributed by atoms with Gasteiger partial charge in [-0.05, 0) is 66.2 Å². The molecule has 0 bridgehead atoms. The van der Waals surface area contributed by atoms with E-state index in [1.165, 1.54) is 49.7 Å². The molecule has 0 amide bonds. The Hall–Kier alpha value is 1.14. The van der Waals surface area contributed by atoms with Crippen molar-refractivity contribution in [3.8, 4) is 0 Å². The van der Waals surface area contributed by atoms with Crippen molar-refractivity contribution in [2.45, 2.75) is 39.0 Å². The number of unbranched alkanes of at least 4 members (excludes halogenated alkanes) is 3. The van der Waals surface area contributed by atoms with E-state index in [1.807, 2.05) is 0 Å². The average Bonchev–Trinajstić information content (AvgIpc) is 2.38. The minimum Gasteiger partial charge on any atom is -0.120 e. The van der Waals surface area contributed by atoms with E-state index in [2.05, 4.69) is 54.7 Å². The summed E-state index contributed by atoms with van der Waals surface area (Å²) < 4.78 is 3.67. The molecule has 0 saturated heterocycles. The van der Waals surface area contributed by atoms with Crippen LogP contribution >= 0.6 is 59.1 Å². The van der Waals surface area contributed by atoms with Crippen LogP contribution in [0, 0.1) is 0 Å². The minimum absolute atomic E-state index is 1.17. The fourth-order valence-corrected chi connectivity index (χ4v) is 5.32. The van der Waals surface area contributed by atoms with Crippen molar-refractivity contribution in [2.75, 3.05) is 0 Å². The second-order valence-electron chi connectivity index (χ2n) is 3.25. The van der Waals surface area contributed by atoms with E-state index in [0.717, 1.165) is 0 Å². The highest BCUT2D eigenvalue weighted by atomic mass is 79.9. The Morgan fingerprint density at radius 1 is 1.00 bits per heavy atom. The standard InChI is InChI=1S/C10H13Br3S/c1-2-3-4-5-6-7-8(11)10(13)14-9(7)12/h2-6H2,1H3. The fraction of sp³-hybridized carbons (Fsp3) is 0.600. The highest BCUT2D eigenvalue weighted by Gasteiger charge is 2.11. The Kier molecular flexibility index (Phi) is 6.29. The quantitative estimate of drug-likeness (QED) is 0.515. The number of halogens is 3. The Morgan fingerprint density at radius 3 is 2.21 bits per heavy atom. The molecule has 0 saturated carbocycles. The molecule has 14 heavy (non-hydrogen) atoms. The Balaban J connectivity index is 2.49. The summed E-state index contributed by atoms with van der Waals surface area (Å²) >= 11 is 12.5. The predicted molar refractivity (Wildman–Crippen MR) is 75.3 cm³/mol. The first-order valence-corrected chi connectivity index (χ1v) is 7.98. The van der Waals surface area contributed by atoms with Crippen LogP contribution in [0.1, 0.15) is 38.2 Å². The van der Waals surface area contributed by atoms with Crippen molar-refractivity contribution in [3.63, 3.8) is 0 Å². The molecule has 0 fully saturated rings. The topological polar surface area (TPSA) is 0 Å². The largest absolute Gasteiger partial charge is 0.120 e. The van der Waals surface area contributed by atoms with Crippen molar-refractivity contribution in [2.24, 2.45) is 0 Å². The molecule has 4 heteroatoms. The molecule has 0 aromatic carbocycles. The van der Waals surface area contributed by atoms with Gasteiger partial charge in [-0.25, -0.2) is 0 Å². The maximum atomic E-state index is 3.60. The van der Waals surface area contributed by atoms with Crippen molar-refractivity contribution in [3.05, 3.63) is 17.6 Å². The van der Waals surface area contributed by atoms with Crippen LogP contribution in [-0.2, 0) is 6.42 Å². The lowest BCUT2D eigenvalue weighted by molar-refractivity contribution is 0.666. The molecule has 0 aliphatic heterocycles. The molecule has 0 unspecified atom stereocenters. The summed E-state index contributed by atoms with van der Waals surface area (Å²) in [7, 11) is 0. The number of hydrogen-bond donors (Lipinski definition) is 0. The number of hydrogen-bond acceptors (Lipinski definition) is 1. The molecule has 0 radical (unpaired) electrons. The highest BCUT2D eigenvalue weighted by Crippen LogP contribution is 2.41. The Labute approximate surface area is 115 Å². The molecule has 1 heterocycles. The van der Waals surface area contributed by atoms with Gasteiger partial charge in [-0.2, -0.15) is 0 Å². The summed E-state index contributed by atoms with van der Waals surface area (Å²) in [6.45, 7) is 2.24. The van der Waals surface area contributed by atoms with Crippen molar-refractivity contribution >= 4 is 59.1 Å². The number of rotatable bonds is 5. The smallest absolute Gasteiger partial charge is 0.0855 e. The Morgan fingerprint density at radius 2 is 1.71 bits per heavy atom. The van der Waals surface area contributed by atoms with Crippen LogP contribution in [0.4, 0.5) is 0 Å². The monoisotopic (exact) mass is 402 g/mol. The second kappa shape index (κ2) is 6.66. The molecule has 0 N–H and O–H groups in total. The van der Waals surface area contributed by atoms with E-state index in [9.17, 15) is 0 Å². The zero-order valence-corrected chi connectivity index (χ0v) is 13.7. The molecule has 0 atom stereocenters. The van der Waals surface area contributed by atoms with Crippen LogP contribution in [-0.4, -0.2) is 0 Å². The molecule has 1 aromatic heterocycles. The molecule has 0 nitrogen and oxygen atoms in total. The molecule has 1 aromatic rings. The molecular formula is C10H13Br3S. The molecule has 0 aliphatic rings. The summed E-state index contributed by atoms with van der Waals surface area (Å²) in [4.78, 5) is 0. The fourth-order valence-electron chi connectivity index (χ4n) is 1.33. The minimum atomic E-state index is 1.17. The van der Waals surface area contributed by atoms with Gasteiger partial charge in [0.25, 0.3) is 0 Å². The summed E-state index contributed by atoms with van der Waals surface area (Å²) in [5.41, 5.74) is 1.41. The third kappa shape index (κ3) is 3.62. The molecule has 0 aliphatic carbocycles. The van der Waals surface area contributed by atoms with Crippen LogP contribution in [0.15, 0.2) is 12.0 Å². The maximum Gasteiger partial charge on any atom is 0.0855 e. The zero-order valence-electron chi connectivity index (χ0n) is 8.08. The van der Waals surface area contributed by atoms with Gasteiger partial charge in [0.2, 0.25) is 0 Å². The van der Waals surface area contributed by atoms with Gasteiger partial charge in [0, 0.05) is 4.47 Å². The predicted octanol–water partition coefficient (Wildman–Crippen LogP) is 6.16.